The molecule has 0 aliphatic rings. The summed E-state index contributed by atoms with van der Waals surface area (Å²) in [6.07, 6.45) is 5.83. The van der Waals surface area contributed by atoms with Gasteiger partial charge >= 0.3 is 0 Å². The van der Waals surface area contributed by atoms with Gasteiger partial charge in [-0.1, -0.05) is 13.8 Å². The molecule has 2 aromatic heterocycles. The second-order valence-corrected chi connectivity index (χ2v) is 5.44. The second kappa shape index (κ2) is 7.21. The number of nitrogens with zero attached hydrogens (tertiary/aromatic N) is 3. The van der Waals surface area contributed by atoms with E-state index in [-0.39, 0.29) is 6.04 Å². The highest BCUT2D eigenvalue weighted by Gasteiger charge is 2.14. The van der Waals surface area contributed by atoms with Crippen molar-refractivity contribution in [3.8, 4) is 0 Å². The Labute approximate surface area is 119 Å². The van der Waals surface area contributed by atoms with Crippen LogP contribution in [0.25, 0.3) is 0 Å². The summed E-state index contributed by atoms with van der Waals surface area (Å²) in [5.74, 6) is 8.14. The Morgan fingerprint density at radius 3 is 2.95 bits per heavy atom. The molecule has 0 saturated heterocycles. The highest BCUT2D eigenvalue weighted by atomic mass is 16.3. The summed E-state index contributed by atoms with van der Waals surface area (Å²) < 4.78 is 7.30. The molecule has 0 aliphatic carbocycles. The SMILES string of the molecule is CC(C)Cn1ncnc1CC(CCc1ccco1)NN. The lowest BCUT2D eigenvalue weighted by atomic mass is 10.1. The summed E-state index contributed by atoms with van der Waals surface area (Å²) in [6, 6.07) is 4.05. The minimum absolute atomic E-state index is 0.162. The molecule has 0 saturated carbocycles. The van der Waals surface area contributed by atoms with Crippen LogP contribution in [0, 0.1) is 5.92 Å². The summed E-state index contributed by atoms with van der Waals surface area (Å²) in [5, 5.41) is 4.27. The van der Waals surface area contributed by atoms with Crippen molar-refractivity contribution in [2.75, 3.05) is 0 Å². The van der Waals surface area contributed by atoms with E-state index >= 15 is 0 Å². The number of aromatic nitrogens is 3. The van der Waals surface area contributed by atoms with Crippen LogP contribution in [0.15, 0.2) is 29.1 Å². The fourth-order valence-corrected chi connectivity index (χ4v) is 2.18. The lowest BCUT2D eigenvalue weighted by Crippen LogP contribution is -2.38. The zero-order chi connectivity index (χ0) is 14.4. The highest BCUT2D eigenvalue weighted by molar-refractivity contribution is 4.99. The molecular formula is C14H23N5O. The van der Waals surface area contributed by atoms with Gasteiger partial charge < -0.3 is 4.42 Å². The molecule has 20 heavy (non-hydrogen) atoms. The fourth-order valence-electron chi connectivity index (χ4n) is 2.18. The van der Waals surface area contributed by atoms with Crippen LogP contribution in [0.1, 0.15) is 31.9 Å². The monoisotopic (exact) mass is 277 g/mol. The van der Waals surface area contributed by atoms with Gasteiger partial charge in [0.1, 0.15) is 17.9 Å². The van der Waals surface area contributed by atoms with Crippen LogP contribution in [-0.2, 0) is 19.4 Å². The molecule has 0 spiro atoms. The molecule has 2 aromatic rings. The van der Waals surface area contributed by atoms with Gasteiger partial charge in [-0.25, -0.2) is 9.67 Å². The van der Waals surface area contributed by atoms with E-state index < -0.39 is 0 Å². The number of furan rings is 1. The van der Waals surface area contributed by atoms with Gasteiger partial charge in [0.2, 0.25) is 0 Å². The maximum Gasteiger partial charge on any atom is 0.138 e. The van der Waals surface area contributed by atoms with E-state index in [4.69, 9.17) is 10.3 Å². The zero-order valence-corrected chi connectivity index (χ0v) is 12.1. The van der Waals surface area contributed by atoms with Crippen molar-refractivity contribution in [3.05, 3.63) is 36.3 Å². The zero-order valence-electron chi connectivity index (χ0n) is 12.1. The average Bonchev–Trinajstić information content (AvgIpc) is 3.06. The standard InChI is InChI=1S/C14H23N5O/c1-11(2)9-19-14(16-10-17-19)8-12(18-15)5-6-13-4-3-7-20-13/h3-4,7,10-12,18H,5-6,8-9,15H2,1-2H3. The van der Waals surface area contributed by atoms with Gasteiger partial charge in [-0.3, -0.25) is 11.3 Å². The minimum atomic E-state index is 0.162. The van der Waals surface area contributed by atoms with Crippen LogP contribution in [0.2, 0.25) is 0 Å². The Morgan fingerprint density at radius 1 is 1.45 bits per heavy atom. The first-order valence-electron chi connectivity index (χ1n) is 7.04. The van der Waals surface area contributed by atoms with Crippen molar-refractivity contribution in [2.45, 2.75) is 45.7 Å². The third kappa shape index (κ3) is 4.18. The maximum absolute atomic E-state index is 5.64. The number of hydrogen-bond acceptors (Lipinski definition) is 5. The topological polar surface area (TPSA) is 81.9 Å². The van der Waals surface area contributed by atoms with Gasteiger partial charge in [-0.05, 0) is 24.5 Å². The van der Waals surface area contributed by atoms with Crippen LogP contribution in [0.5, 0.6) is 0 Å². The van der Waals surface area contributed by atoms with E-state index in [9.17, 15) is 0 Å². The fraction of sp³-hybridized carbons (Fsp3) is 0.571. The van der Waals surface area contributed by atoms with Crippen molar-refractivity contribution in [1.29, 1.82) is 0 Å². The Morgan fingerprint density at radius 2 is 2.30 bits per heavy atom. The molecule has 0 radical (unpaired) electrons. The van der Waals surface area contributed by atoms with Crippen molar-refractivity contribution in [2.24, 2.45) is 11.8 Å². The lowest BCUT2D eigenvalue weighted by molar-refractivity contribution is 0.419. The van der Waals surface area contributed by atoms with Crippen molar-refractivity contribution >= 4 is 0 Å². The second-order valence-electron chi connectivity index (χ2n) is 5.44. The van der Waals surface area contributed by atoms with E-state index in [2.05, 4.69) is 29.4 Å². The first-order chi connectivity index (χ1) is 9.69. The molecule has 2 rings (SSSR count). The lowest BCUT2D eigenvalue weighted by Gasteiger charge is -2.16. The normalized spacial score (nSPS) is 13.0. The van der Waals surface area contributed by atoms with Crippen LogP contribution < -0.4 is 11.3 Å². The smallest absolute Gasteiger partial charge is 0.138 e. The molecule has 110 valence electrons. The molecule has 1 atom stereocenters. The minimum Gasteiger partial charge on any atom is -0.469 e. The van der Waals surface area contributed by atoms with Crippen molar-refractivity contribution < 1.29 is 4.42 Å². The maximum atomic E-state index is 5.64. The van der Waals surface area contributed by atoms with E-state index in [0.717, 1.165) is 37.4 Å². The highest BCUT2D eigenvalue weighted by Crippen LogP contribution is 2.10. The molecule has 2 heterocycles. The molecule has 6 heteroatoms. The number of aryl methyl sites for hydroxylation is 1. The Kier molecular flexibility index (Phi) is 5.31. The predicted molar refractivity (Wildman–Crippen MR) is 76.7 cm³/mol. The molecule has 6 nitrogen and oxygen atoms in total. The Balaban J connectivity index is 1.90. The summed E-state index contributed by atoms with van der Waals surface area (Å²) in [6.45, 7) is 5.22. The first kappa shape index (κ1) is 14.7. The van der Waals surface area contributed by atoms with Gasteiger partial charge in [-0.15, -0.1) is 0 Å². The molecule has 0 bridgehead atoms. The van der Waals surface area contributed by atoms with Crippen molar-refractivity contribution in [3.63, 3.8) is 0 Å². The van der Waals surface area contributed by atoms with E-state index in [1.54, 1.807) is 12.6 Å². The molecular weight excluding hydrogens is 254 g/mol. The van der Waals surface area contributed by atoms with E-state index in [0.29, 0.717) is 5.92 Å². The number of hydrazine groups is 1. The van der Waals surface area contributed by atoms with E-state index in [1.165, 1.54) is 0 Å². The van der Waals surface area contributed by atoms with Gasteiger partial charge in [-0.2, -0.15) is 5.10 Å². The molecule has 0 fully saturated rings. The third-order valence-electron chi connectivity index (χ3n) is 3.22. The Bertz CT molecular complexity index is 491. The average molecular weight is 277 g/mol. The van der Waals surface area contributed by atoms with Crippen LogP contribution in [0.3, 0.4) is 0 Å². The van der Waals surface area contributed by atoms with Gasteiger partial charge in [0.05, 0.1) is 6.26 Å². The summed E-state index contributed by atoms with van der Waals surface area (Å²) >= 11 is 0. The quantitative estimate of drug-likeness (QED) is 0.565. The molecule has 1 unspecified atom stereocenters. The first-order valence-corrected chi connectivity index (χ1v) is 7.04. The number of nitrogens with one attached hydrogen (secondary N) is 1. The predicted octanol–water partition coefficient (Wildman–Crippen LogP) is 1.53. The summed E-state index contributed by atoms with van der Waals surface area (Å²) in [7, 11) is 0. The van der Waals surface area contributed by atoms with Crippen LogP contribution in [-0.4, -0.2) is 20.8 Å². The van der Waals surface area contributed by atoms with Crippen molar-refractivity contribution in [1.82, 2.24) is 20.2 Å². The van der Waals surface area contributed by atoms with Crippen LogP contribution in [0.4, 0.5) is 0 Å². The number of rotatable bonds is 8. The van der Waals surface area contributed by atoms with Gasteiger partial charge in [0.25, 0.3) is 0 Å². The van der Waals surface area contributed by atoms with Gasteiger partial charge in [0, 0.05) is 25.4 Å². The molecule has 0 aliphatic heterocycles. The Hall–Kier alpha value is -1.66. The molecule has 3 N–H and O–H groups in total. The third-order valence-corrected chi connectivity index (χ3v) is 3.22. The largest absolute Gasteiger partial charge is 0.469 e. The summed E-state index contributed by atoms with van der Waals surface area (Å²) in [4.78, 5) is 4.33. The van der Waals surface area contributed by atoms with Crippen LogP contribution >= 0.6 is 0 Å². The number of hydrogen-bond donors (Lipinski definition) is 2. The molecule has 0 aromatic carbocycles. The van der Waals surface area contributed by atoms with E-state index in [1.807, 2.05) is 16.8 Å². The summed E-state index contributed by atoms with van der Waals surface area (Å²) in [5.41, 5.74) is 2.86. The number of nitrogens with two attached hydrogens (primary N) is 1. The molecule has 0 amide bonds. The van der Waals surface area contributed by atoms with Gasteiger partial charge in [0.15, 0.2) is 0 Å².